The van der Waals surface area contributed by atoms with Crippen molar-refractivity contribution in [2.24, 2.45) is 4.99 Å². The molecule has 2 aromatic rings. The van der Waals surface area contributed by atoms with Crippen LogP contribution in [0.5, 0.6) is 0 Å². The van der Waals surface area contributed by atoms with Crippen molar-refractivity contribution in [3.8, 4) is 0 Å². The van der Waals surface area contributed by atoms with Crippen molar-refractivity contribution in [2.75, 3.05) is 32.8 Å². The molecule has 3 rings (SSSR count). The Kier molecular flexibility index (Phi) is 6.75. The zero-order valence-corrected chi connectivity index (χ0v) is 16.8. The summed E-state index contributed by atoms with van der Waals surface area (Å²) < 4.78 is 11.0. The number of hydrogen-bond acceptors (Lipinski definition) is 4. The first-order valence-electron chi connectivity index (χ1n) is 9.98. The number of guanidine groups is 1. The Hall–Kier alpha value is -2.31. The van der Waals surface area contributed by atoms with Gasteiger partial charge in [-0.25, -0.2) is 4.99 Å². The van der Waals surface area contributed by atoms with E-state index in [1.54, 1.807) is 25.3 Å². The number of aliphatic imine (C=N–C) groups is 1. The first-order chi connectivity index (χ1) is 13.6. The fraction of sp³-hybridized carbons (Fsp3) is 0.500. The third-order valence-electron chi connectivity index (χ3n) is 5.37. The second kappa shape index (κ2) is 9.26. The zero-order valence-electron chi connectivity index (χ0n) is 16.8. The van der Waals surface area contributed by atoms with Crippen LogP contribution in [-0.2, 0) is 15.8 Å². The molecule has 1 atom stereocenters. The smallest absolute Gasteiger partial charge is 0.191 e. The van der Waals surface area contributed by atoms with Gasteiger partial charge in [0.15, 0.2) is 5.96 Å². The molecule has 2 heterocycles. The van der Waals surface area contributed by atoms with E-state index in [2.05, 4.69) is 39.9 Å². The predicted molar refractivity (Wildman–Crippen MR) is 110 cm³/mol. The summed E-state index contributed by atoms with van der Waals surface area (Å²) in [7, 11) is 0. The quantitative estimate of drug-likeness (QED) is 0.505. The van der Waals surface area contributed by atoms with Gasteiger partial charge in [0.05, 0.1) is 12.8 Å². The topological polar surface area (TPSA) is 79.0 Å². The second-order valence-electron chi connectivity index (χ2n) is 7.56. The molecular weight excluding hydrogens is 354 g/mol. The molecule has 1 aliphatic heterocycles. The summed E-state index contributed by atoms with van der Waals surface area (Å²) in [6.45, 7) is 6.98. The van der Waals surface area contributed by atoms with Gasteiger partial charge in [-0.2, -0.15) is 0 Å². The third-order valence-corrected chi connectivity index (χ3v) is 5.37. The molecule has 1 aromatic carbocycles. The van der Waals surface area contributed by atoms with Crippen LogP contribution in [0.4, 0.5) is 0 Å². The van der Waals surface area contributed by atoms with Crippen molar-refractivity contribution >= 4 is 5.96 Å². The maximum atomic E-state index is 10.7. The minimum absolute atomic E-state index is 0.0131. The van der Waals surface area contributed by atoms with Crippen LogP contribution in [0.15, 0.2) is 58.1 Å². The number of furan rings is 1. The van der Waals surface area contributed by atoms with E-state index in [-0.39, 0.29) is 12.0 Å². The lowest BCUT2D eigenvalue weighted by Gasteiger charge is -2.38. The summed E-state index contributed by atoms with van der Waals surface area (Å²) in [4.78, 5) is 4.60. The molecule has 6 nitrogen and oxygen atoms in total. The minimum atomic E-state index is -1.15. The number of aliphatic hydroxyl groups is 1. The summed E-state index contributed by atoms with van der Waals surface area (Å²) in [5, 5.41) is 17.4. The fourth-order valence-corrected chi connectivity index (χ4v) is 3.61. The summed E-state index contributed by atoms with van der Waals surface area (Å²) in [5.74, 6) is 1.20. The van der Waals surface area contributed by atoms with Crippen molar-refractivity contribution in [3.05, 3.63) is 60.1 Å². The van der Waals surface area contributed by atoms with Gasteiger partial charge >= 0.3 is 0 Å². The molecule has 28 heavy (non-hydrogen) atoms. The van der Waals surface area contributed by atoms with Crippen molar-refractivity contribution in [1.29, 1.82) is 0 Å². The van der Waals surface area contributed by atoms with Gasteiger partial charge in [-0.05, 0) is 44.4 Å². The maximum absolute atomic E-state index is 10.7. The summed E-state index contributed by atoms with van der Waals surface area (Å²) >= 11 is 0. The lowest BCUT2D eigenvalue weighted by atomic mass is 9.74. The molecule has 3 N–H and O–H groups in total. The largest absolute Gasteiger partial charge is 0.466 e. The standard InChI is InChI=1S/C22H31N3O3/c1-3-23-20(24-16-21(2,26)19-10-7-13-28-19)25-17-22(11-14-27-15-12-22)18-8-5-4-6-9-18/h4-10,13,26H,3,11-12,14-17H2,1-2H3,(H2,23,24,25). The van der Waals surface area contributed by atoms with Crippen LogP contribution in [0.1, 0.15) is 38.0 Å². The molecule has 152 valence electrons. The highest BCUT2D eigenvalue weighted by molar-refractivity contribution is 5.80. The highest BCUT2D eigenvalue weighted by atomic mass is 16.5. The average molecular weight is 386 g/mol. The van der Waals surface area contributed by atoms with E-state index in [0.29, 0.717) is 11.7 Å². The zero-order chi connectivity index (χ0) is 19.9. The third kappa shape index (κ3) is 4.94. The fourth-order valence-electron chi connectivity index (χ4n) is 3.61. The molecule has 1 aromatic heterocycles. The lowest BCUT2D eigenvalue weighted by Crippen LogP contribution is -2.48. The Balaban J connectivity index is 1.72. The van der Waals surface area contributed by atoms with Crippen molar-refractivity contribution in [1.82, 2.24) is 10.6 Å². The van der Waals surface area contributed by atoms with Gasteiger partial charge in [0, 0.05) is 31.7 Å². The Labute approximate surface area is 167 Å². The Bertz CT molecular complexity index is 736. The number of nitrogens with one attached hydrogen (secondary N) is 2. The molecule has 0 spiro atoms. The number of hydrogen-bond donors (Lipinski definition) is 3. The van der Waals surface area contributed by atoms with Crippen LogP contribution in [0, 0.1) is 0 Å². The highest BCUT2D eigenvalue weighted by Gasteiger charge is 2.34. The summed E-state index contributed by atoms with van der Waals surface area (Å²) in [6, 6.07) is 14.1. The van der Waals surface area contributed by atoms with Gasteiger partial charge in [-0.1, -0.05) is 30.3 Å². The van der Waals surface area contributed by atoms with Gasteiger partial charge in [0.25, 0.3) is 0 Å². The number of benzene rings is 1. The molecule has 0 bridgehead atoms. The van der Waals surface area contributed by atoms with Gasteiger partial charge in [0.2, 0.25) is 0 Å². The van der Waals surface area contributed by atoms with Crippen molar-refractivity contribution < 1.29 is 14.3 Å². The molecule has 1 saturated heterocycles. The SMILES string of the molecule is CCNC(=NCC(C)(O)c1ccco1)NCC1(c2ccccc2)CCOCC1. The van der Waals surface area contributed by atoms with Crippen LogP contribution < -0.4 is 10.6 Å². The Morgan fingerprint density at radius 3 is 2.54 bits per heavy atom. The van der Waals surface area contributed by atoms with Crippen LogP contribution in [0.3, 0.4) is 0 Å². The van der Waals surface area contributed by atoms with E-state index in [9.17, 15) is 5.11 Å². The van der Waals surface area contributed by atoms with E-state index in [4.69, 9.17) is 9.15 Å². The van der Waals surface area contributed by atoms with Gasteiger partial charge in [-0.15, -0.1) is 0 Å². The van der Waals surface area contributed by atoms with E-state index in [1.165, 1.54) is 5.56 Å². The van der Waals surface area contributed by atoms with Gasteiger partial charge < -0.3 is 24.9 Å². The number of rotatable bonds is 7. The molecule has 1 unspecified atom stereocenters. The predicted octanol–water partition coefficient (Wildman–Crippen LogP) is 2.79. The first-order valence-corrected chi connectivity index (χ1v) is 9.98. The van der Waals surface area contributed by atoms with Gasteiger partial charge in [0.1, 0.15) is 11.4 Å². The normalized spacial score (nSPS) is 19.0. The van der Waals surface area contributed by atoms with E-state index >= 15 is 0 Å². The van der Waals surface area contributed by atoms with Gasteiger partial charge in [-0.3, -0.25) is 0 Å². The molecule has 0 radical (unpaired) electrons. The van der Waals surface area contributed by atoms with E-state index < -0.39 is 5.60 Å². The molecule has 1 fully saturated rings. The molecular formula is C22H31N3O3. The lowest BCUT2D eigenvalue weighted by molar-refractivity contribution is 0.0435. The molecule has 1 aliphatic rings. The summed E-state index contributed by atoms with van der Waals surface area (Å²) in [6.07, 6.45) is 3.49. The Morgan fingerprint density at radius 1 is 1.14 bits per heavy atom. The van der Waals surface area contributed by atoms with Crippen LogP contribution in [0.25, 0.3) is 0 Å². The van der Waals surface area contributed by atoms with Crippen LogP contribution >= 0.6 is 0 Å². The number of ether oxygens (including phenoxy) is 1. The molecule has 0 saturated carbocycles. The number of nitrogens with zero attached hydrogens (tertiary/aromatic N) is 1. The Morgan fingerprint density at radius 2 is 1.89 bits per heavy atom. The van der Waals surface area contributed by atoms with Crippen LogP contribution in [0.2, 0.25) is 0 Å². The maximum Gasteiger partial charge on any atom is 0.191 e. The molecule has 0 aliphatic carbocycles. The van der Waals surface area contributed by atoms with E-state index in [0.717, 1.165) is 39.1 Å². The molecule has 0 amide bonds. The van der Waals surface area contributed by atoms with E-state index in [1.807, 2.05) is 13.0 Å². The van der Waals surface area contributed by atoms with Crippen LogP contribution in [-0.4, -0.2) is 43.9 Å². The second-order valence-corrected chi connectivity index (χ2v) is 7.56. The monoisotopic (exact) mass is 385 g/mol. The first kappa shape index (κ1) is 20.4. The molecule has 6 heteroatoms. The van der Waals surface area contributed by atoms with Crippen molar-refractivity contribution in [3.63, 3.8) is 0 Å². The minimum Gasteiger partial charge on any atom is -0.466 e. The summed E-state index contributed by atoms with van der Waals surface area (Å²) in [5.41, 5.74) is 0.185. The van der Waals surface area contributed by atoms with Crippen molar-refractivity contribution in [2.45, 2.75) is 37.7 Å². The average Bonchev–Trinajstić information content (AvgIpc) is 3.27. The highest BCUT2D eigenvalue weighted by Crippen LogP contribution is 2.34.